The van der Waals surface area contributed by atoms with E-state index < -0.39 is 12.0 Å². The highest BCUT2D eigenvalue weighted by molar-refractivity contribution is 6.17. The van der Waals surface area contributed by atoms with Crippen LogP contribution in [0, 0.1) is 0 Å². The van der Waals surface area contributed by atoms with Crippen molar-refractivity contribution in [3.63, 3.8) is 0 Å². The number of ether oxygens (including phenoxy) is 1. The fourth-order valence-electron chi connectivity index (χ4n) is 2.06. The second kappa shape index (κ2) is 7.34. The minimum atomic E-state index is -0.820. The standard InChI is InChI=1S/C13H21N5O4/c1-5-6-8-10(11(19)18(3)17-8)9(12(20)22-4)7(2)15-16-13(14)21/h15,17H,5-6H2,1-4H3,(H3,14,16,21)/b9-7-. The lowest BCUT2D eigenvalue weighted by Gasteiger charge is -2.12. The van der Waals surface area contributed by atoms with E-state index in [4.69, 9.17) is 10.5 Å². The van der Waals surface area contributed by atoms with Gasteiger partial charge in [-0.2, -0.15) is 0 Å². The molecule has 22 heavy (non-hydrogen) atoms. The summed E-state index contributed by atoms with van der Waals surface area (Å²) in [6.07, 6.45) is 1.37. The number of nitrogens with two attached hydrogens (primary N) is 1. The molecule has 0 aliphatic rings. The molecule has 9 nitrogen and oxygen atoms in total. The number of nitrogens with zero attached hydrogens (tertiary/aromatic N) is 1. The molecule has 0 unspecified atom stereocenters. The van der Waals surface area contributed by atoms with Crippen LogP contribution in [0.4, 0.5) is 4.79 Å². The van der Waals surface area contributed by atoms with Gasteiger partial charge >= 0.3 is 12.0 Å². The SMILES string of the molecule is CCCc1[nH]n(C)c(=O)c1/C(C(=O)OC)=C(\C)NNC(N)=O. The Morgan fingerprint density at radius 3 is 2.50 bits per heavy atom. The molecule has 0 aromatic carbocycles. The van der Waals surface area contributed by atoms with Crippen molar-refractivity contribution in [3.8, 4) is 0 Å². The van der Waals surface area contributed by atoms with Crippen LogP contribution in [0.15, 0.2) is 10.5 Å². The van der Waals surface area contributed by atoms with E-state index in [2.05, 4.69) is 16.0 Å². The molecule has 1 aromatic rings. The maximum absolute atomic E-state index is 12.3. The number of carbonyl (C=O) groups is 2. The van der Waals surface area contributed by atoms with Crippen LogP contribution in [0.2, 0.25) is 0 Å². The number of aryl methyl sites for hydroxylation is 2. The van der Waals surface area contributed by atoms with Crippen molar-refractivity contribution >= 4 is 17.6 Å². The van der Waals surface area contributed by atoms with Crippen LogP contribution in [-0.2, 0) is 23.0 Å². The Bertz CT molecular complexity index is 656. The molecule has 1 heterocycles. The van der Waals surface area contributed by atoms with Gasteiger partial charge in [0.15, 0.2) is 0 Å². The smallest absolute Gasteiger partial charge is 0.340 e. The molecule has 0 spiro atoms. The van der Waals surface area contributed by atoms with Crippen molar-refractivity contribution in [2.75, 3.05) is 7.11 Å². The summed E-state index contributed by atoms with van der Waals surface area (Å²) in [7, 11) is 2.78. The second-order valence-electron chi connectivity index (χ2n) is 4.69. The Hall–Kier alpha value is -2.71. The Balaban J connectivity index is 3.47. The fourth-order valence-corrected chi connectivity index (χ4v) is 2.06. The molecule has 5 N–H and O–H groups in total. The van der Waals surface area contributed by atoms with E-state index in [0.717, 1.165) is 6.42 Å². The number of hydrazine groups is 1. The summed E-state index contributed by atoms with van der Waals surface area (Å²) in [6, 6.07) is -0.820. The average Bonchev–Trinajstić information content (AvgIpc) is 2.73. The van der Waals surface area contributed by atoms with Crippen LogP contribution in [0.3, 0.4) is 0 Å². The van der Waals surface area contributed by atoms with Gasteiger partial charge in [-0.25, -0.2) is 9.59 Å². The van der Waals surface area contributed by atoms with Crippen molar-refractivity contribution < 1.29 is 14.3 Å². The topological polar surface area (TPSA) is 131 Å². The Labute approximate surface area is 127 Å². The number of aromatic nitrogens is 2. The van der Waals surface area contributed by atoms with E-state index in [1.807, 2.05) is 6.92 Å². The molecule has 1 rings (SSSR count). The van der Waals surface area contributed by atoms with Gasteiger partial charge in [0.05, 0.1) is 18.2 Å². The lowest BCUT2D eigenvalue weighted by Crippen LogP contribution is -2.40. The molecule has 0 atom stereocenters. The fraction of sp³-hybridized carbons (Fsp3) is 0.462. The van der Waals surface area contributed by atoms with Gasteiger partial charge in [-0.3, -0.25) is 20.0 Å². The number of hydrogen-bond donors (Lipinski definition) is 4. The number of H-pyrrole nitrogens is 1. The summed E-state index contributed by atoms with van der Waals surface area (Å²) in [5, 5.41) is 2.92. The lowest BCUT2D eigenvalue weighted by atomic mass is 10.0. The predicted octanol–water partition coefficient (Wildman–Crippen LogP) is -0.257. The number of aromatic amines is 1. The van der Waals surface area contributed by atoms with Crippen molar-refractivity contribution in [1.29, 1.82) is 0 Å². The largest absolute Gasteiger partial charge is 0.465 e. The summed E-state index contributed by atoms with van der Waals surface area (Å²) in [4.78, 5) is 35.2. The molecular weight excluding hydrogens is 290 g/mol. The molecule has 0 bridgehead atoms. The van der Waals surface area contributed by atoms with Crippen LogP contribution in [0.5, 0.6) is 0 Å². The maximum Gasteiger partial charge on any atom is 0.340 e. The number of hydrogen-bond acceptors (Lipinski definition) is 5. The Kier molecular flexibility index (Phi) is 5.79. The second-order valence-corrected chi connectivity index (χ2v) is 4.69. The number of urea groups is 1. The molecular formula is C13H21N5O4. The summed E-state index contributed by atoms with van der Waals surface area (Å²) in [5.41, 5.74) is 10.4. The van der Waals surface area contributed by atoms with Crippen LogP contribution >= 0.6 is 0 Å². The number of rotatable bonds is 6. The van der Waals surface area contributed by atoms with Gasteiger partial charge in [-0.15, -0.1) is 0 Å². The first-order valence-corrected chi connectivity index (χ1v) is 6.72. The average molecular weight is 311 g/mol. The van der Waals surface area contributed by atoms with Gasteiger partial charge in [0.1, 0.15) is 0 Å². The molecule has 9 heteroatoms. The quantitative estimate of drug-likeness (QED) is 0.326. The van der Waals surface area contributed by atoms with Crippen LogP contribution < -0.4 is 22.1 Å². The summed E-state index contributed by atoms with van der Waals surface area (Å²) < 4.78 is 6.04. The number of nitrogens with one attached hydrogen (secondary N) is 3. The number of carbonyl (C=O) groups excluding carboxylic acids is 2. The van der Waals surface area contributed by atoms with Gasteiger partial charge < -0.3 is 15.9 Å². The molecule has 0 fully saturated rings. The van der Waals surface area contributed by atoms with Crippen molar-refractivity contribution in [2.24, 2.45) is 12.8 Å². The first kappa shape index (κ1) is 17.3. The number of allylic oxidation sites excluding steroid dienone is 1. The number of amides is 2. The Morgan fingerprint density at radius 1 is 1.36 bits per heavy atom. The van der Waals surface area contributed by atoms with Crippen LogP contribution in [0.1, 0.15) is 31.5 Å². The van der Waals surface area contributed by atoms with E-state index in [1.165, 1.54) is 18.7 Å². The van der Waals surface area contributed by atoms with Crippen molar-refractivity contribution in [2.45, 2.75) is 26.7 Å². The van der Waals surface area contributed by atoms with Gasteiger partial charge in [-0.05, 0) is 13.3 Å². The lowest BCUT2D eigenvalue weighted by molar-refractivity contribution is -0.133. The summed E-state index contributed by atoms with van der Waals surface area (Å²) in [5.74, 6) is -0.690. The zero-order valence-corrected chi connectivity index (χ0v) is 13.1. The third-order valence-corrected chi connectivity index (χ3v) is 3.01. The molecule has 122 valence electrons. The summed E-state index contributed by atoms with van der Waals surface area (Å²) >= 11 is 0. The van der Waals surface area contributed by atoms with Crippen LogP contribution in [-0.4, -0.2) is 28.9 Å². The van der Waals surface area contributed by atoms with E-state index in [1.54, 1.807) is 7.05 Å². The molecule has 1 aromatic heterocycles. The first-order chi connectivity index (χ1) is 10.3. The highest BCUT2D eigenvalue weighted by Crippen LogP contribution is 2.20. The number of primary amides is 1. The molecule has 0 saturated heterocycles. The van der Waals surface area contributed by atoms with E-state index in [-0.39, 0.29) is 22.4 Å². The molecule has 0 aliphatic carbocycles. The van der Waals surface area contributed by atoms with Gasteiger partial charge in [0.2, 0.25) is 0 Å². The highest BCUT2D eigenvalue weighted by atomic mass is 16.5. The molecule has 0 radical (unpaired) electrons. The third kappa shape index (κ3) is 3.68. The highest BCUT2D eigenvalue weighted by Gasteiger charge is 2.25. The number of methoxy groups -OCH3 is 1. The van der Waals surface area contributed by atoms with E-state index in [9.17, 15) is 14.4 Å². The van der Waals surface area contributed by atoms with E-state index in [0.29, 0.717) is 12.1 Å². The van der Waals surface area contributed by atoms with E-state index >= 15 is 0 Å². The zero-order chi connectivity index (χ0) is 16.9. The van der Waals surface area contributed by atoms with Crippen molar-refractivity contribution in [3.05, 3.63) is 27.3 Å². The van der Waals surface area contributed by atoms with Gasteiger partial charge in [0, 0.05) is 18.4 Å². The minimum absolute atomic E-state index is 0.0431. The normalized spacial score (nSPS) is 11.6. The molecule has 0 saturated carbocycles. The predicted molar refractivity (Wildman–Crippen MR) is 80.5 cm³/mol. The van der Waals surface area contributed by atoms with Gasteiger partial charge in [-0.1, -0.05) is 13.3 Å². The molecule has 0 aliphatic heterocycles. The zero-order valence-electron chi connectivity index (χ0n) is 13.1. The number of esters is 1. The van der Waals surface area contributed by atoms with Gasteiger partial charge in [0.25, 0.3) is 5.56 Å². The third-order valence-electron chi connectivity index (χ3n) is 3.01. The molecule has 2 amide bonds. The first-order valence-electron chi connectivity index (χ1n) is 6.72. The summed E-state index contributed by atoms with van der Waals surface area (Å²) in [6.45, 7) is 3.49. The maximum atomic E-state index is 12.3. The van der Waals surface area contributed by atoms with Crippen molar-refractivity contribution in [1.82, 2.24) is 20.6 Å². The monoisotopic (exact) mass is 311 g/mol. The Morgan fingerprint density at radius 2 is 2.00 bits per heavy atom. The van der Waals surface area contributed by atoms with Crippen LogP contribution in [0.25, 0.3) is 5.57 Å². The minimum Gasteiger partial charge on any atom is -0.465 e.